The van der Waals surface area contributed by atoms with Crippen molar-refractivity contribution in [3.05, 3.63) is 45.3 Å². The minimum absolute atomic E-state index is 0.514. The Bertz CT molecular complexity index is 541. The van der Waals surface area contributed by atoms with Crippen LogP contribution in [0.25, 0.3) is 0 Å². The summed E-state index contributed by atoms with van der Waals surface area (Å²) in [6, 6.07) is 4.98. The smallest absolute Gasteiger partial charge is 0.379 e. The minimum Gasteiger partial charge on any atom is -0.379 e. The van der Waals surface area contributed by atoms with Crippen molar-refractivity contribution < 1.29 is 13.2 Å². The van der Waals surface area contributed by atoms with Gasteiger partial charge >= 0.3 is 6.18 Å². The van der Waals surface area contributed by atoms with Crippen LogP contribution in [0.2, 0.25) is 0 Å². The maximum Gasteiger partial charge on any atom is 0.416 e. The van der Waals surface area contributed by atoms with Gasteiger partial charge in [-0.05, 0) is 46.9 Å². The van der Waals surface area contributed by atoms with E-state index in [2.05, 4.69) is 33.0 Å². The first kappa shape index (κ1) is 14.2. The van der Waals surface area contributed by atoms with Gasteiger partial charge in [-0.15, -0.1) is 0 Å². The van der Waals surface area contributed by atoms with Crippen molar-refractivity contribution in [2.24, 2.45) is 7.05 Å². The van der Waals surface area contributed by atoms with Gasteiger partial charge in [0.05, 0.1) is 27.6 Å². The maximum atomic E-state index is 12.4. The molecule has 0 spiro atoms. The number of hydrogen-bond donors (Lipinski definition) is 1. The summed E-state index contributed by atoms with van der Waals surface area (Å²) in [5, 5.41) is 7.17. The Morgan fingerprint density at radius 3 is 2.37 bits per heavy atom. The molecule has 0 radical (unpaired) electrons. The van der Waals surface area contributed by atoms with Gasteiger partial charge in [0.2, 0.25) is 0 Å². The van der Waals surface area contributed by atoms with E-state index >= 15 is 0 Å². The molecule has 0 amide bonds. The molecule has 0 aliphatic carbocycles. The first-order chi connectivity index (χ1) is 8.88. The lowest BCUT2D eigenvalue weighted by Crippen LogP contribution is -2.08. The second kappa shape index (κ2) is 5.40. The van der Waals surface area contributed by atoms with E-state index in [-0.39, 0.29) is 0 Å². The summed E-state index contributed by atoms with van der Waals surface area (Å²) in [7, 11) is 1.83. The van der Waals surface area contributed by atoms with Crippen molar-refractivity contribution in [1.82, 2.24) is 9.78 Å². The first-order valence-corrected chi connectivity index (χ1v) is 6.53. The summed E-state index contributed by atoms with van der Waals surface area (Å²) in [6.45, 7) is 0.514. The van der Waals surface area contributed by atoms with Gasteiger partial charge in [0.15, 0.2) is 0 Å². The number of rotatable bonds is 3. The van der Waals surface area contributed by atoms with Crippen LogP contribution in [0.5, 0.6) is 0 Å². The van der Waals surface area contributed by atoms with Gasteiger partial charge in [0, 0.05) is 12.7 Å². The average molecular weight is 381 g/mol. The fourth-order valence-electron chi connectivity index (χ4n) is 1.60. The van der Waals surface area contributed by atoms with E-state index in [0.29, 0.717) is 12.2 Å². The van der Waals surface area contributed by atoms with E-state index in [1.165, 1.54) is 12.1 Å². The Labute approximate surface area is 121 Å². The lowest BCUT2D eigenvalue weighted by Gasteiger charge is -2.10. The molecule has 0 saturated carbocycles. The summed E-state index contributed by atoms with van der Waals surface area (Å²) in [6.07, 6.45) is -2.56. The van der Waals surface area contributed by atoms with Crippen LogP contribution in [0.15, 0.2) is 30.5 Å². The van der Waals surface area contributed by atoms with E-state index in [4.69, 9.17) is 0 Å². The molecule has 7 heteroatoms. The Balaban J connectivity index is 2.05. The first-order valence-electron chi connectivity index (χ1n) is 5.45. The number of aryl methyl sites for hydroxylation is 1. The highest BCUT2D eigenvalue weighted by Crippen LogP contribution is 2.29. The lowest BCUT2D eigenvalue weighted by molar-refractivity contribution is -0.137. The highest BCUT2D eigenvalue weighted by Gasteiger charge is 2.29. The molecule has 0 aliphatic rings. The molecule has 19 heavy (non-hydrogen) atoms. The molecule has 102 valence electrons. The Morgan fingerprint density at radius 2 is 1.89 bits per heavy atom. The van der Waals surface area contributed by atoms with Crippen LogP contribution >= 0.6 is 22.6 Å². The number of nitrogens with zero attached hydrogens (tertiary/aromatic N) is 2. The molecule has 1 N–H and O–H groups in total. The van der Waals surface area contributed by atoms with Crippen molar-refractivity contribution in [1.29, 1.82) is 0 Å². The van der Waals surface area contributed by atoms with E-state index in [1.807, 2.05) is 7.05 Å². The largest absolute Gasteiger partial charge is 0.416 e. The van der Waals surface area contributed by atoms with Gasteiger partial charge in [0.25, 0.3) is 0 Å². The Morgan fingerprint density at radius 1 is 1.26 bits per heavy atom. The van der Waals surface area contributed by atoms with Crippen LogP contribution in [-0.4, -0.2) is 9.78 Å². The number of alkyl halides is 3. The molecular weight excluding hydrogens is 370 g/mol. The molecule has 0 bridgehead atoms. The normalized spacial score (nSPS) is 11.6. The second-order valence-electron chi connectivity index (χ2n) is 3.99. The monoisotopic (exact) mass is 381 g/mol. The van der Waals surface area contributed by atoms with Crippen molar-refractivity contribution in [3.8, 4) is 0 Å². The third-order valence-corrected chi connectivity index (χ3v) is 3.58. The molecule has 1 heterocycles. The fraction of sp³-hybridized carbons (Fsp3) is 0.250. The van der Waals surface area contributed by atoms with Crippen molar-refractivity contribution >= 4 is 28.3 Å². The summed E-state index contributed by atoms with van der Waals surface area (Å²) in [4.78, 5) is 0. The van der Waals surface area contributed by atoms with Gasteiger partial charge in [-0.3, -0.25) is 4.68 Å². The molecule has 0 aliphatic heterocycles. The average Bonchev–Trinajstić information content (AvgIpc) is 2.66. The molecule has 1 aromatic heterocycles. The van der Waals surface area contributed by atoms with Crippen LogP contribution in [0.4, 0.5) is 18.9 Å². The molecule has 0 unspecified atom stereocenters. The van der Waals surface area contributed by atoms with E-state index in [9.17, 15) is 13.2 Å². The number of aromatic nitrogens is 2. The second-order valence-corrected chi connectivity index (χ2v) is 5.15. The Kier molecular flexibility index (Phi) is 4.02. The predicted molar refractivity (Wildman–Crippen MR) is 74.7 cm³/mol. The molecule has 2 aromatic rings. The SMILES string of the molecule is Cn1ncc(I)c1CNc1ccc(C(F)(F)F)cc1. The van der Waals surface area contributed by atoms with Gasteiger partial charge in [-0.1, -0.05) is 0 Å². The van der Waals surface area contributed by atoms with Crippen LogP contribution in [0.3, 0.4) is 0 Å². The van der Waals surface area contributed by atoms with Crippen LogP contribution in [0.1, 0.15) is 11.3 Å². The standard InChI is InChI=1S/C12H11F3IN3/c1-19-11(10(16)6-18-19)7-17-9-4-2-8(3-5-9)12(13,14)15/h2-6,17H,7H2,1H3. The zero-order valence-electron chi connectivity index (χ0n) is 10.0. The molecule has 0 fully saturated rings. The molecule has 0 saturated heterocycles. The summed E-state index contributed by atoms with van der Waals surface area (Å²) in [5.74, 6) is 0. The zero-order chi connectivity index (χ0) is 14.0. The van der Waals surface area contributed by atoms with E-state index in [0.717, 1.165) is 21.4 Å². The predicted octanol–water partition coefficient (Wildman–Crippen LogP) is 3.66. The molecular formula is C12H11F3IN3. The molecule has 3 nitrogen and oxygen atoms in total. The van der Waals surface area contributed by atoms with Gasteiger partial charge < -0.3 is 5.32 Å². The van der Waals surface area contributed by atoms with Crippen molar-refractivity contribution in [2.45, 2.75) is 12.7 Å². The number of hydrogen-bond acceptors (Lipinski definition) is 2. The summed E-state index contributed by atoms with van der Waals surface area (Å²) < 4.78 is 40.0. The lowest BCUT2D eigenvalue weighted by atomic mass is 10.2. The van der Waals surface area contributed by atoms with Crippen LogP contribution in [0, 0.1) is 3.57 Å². The number of anilines is 1. The highest BCUT2D eigenvalue weighted by molar-refractivity contribution is 14.1. The van der Waals surface area contributed by atoms with Crippen molar-refractivity contribution in [3.63, 3.8) is 0 Å². The molecule has 0 atom stereocenters. The molecule has 1 aromatic carbocycles. The zero-order valence-corrected chi connectivity index (χ0v) is 12.2. The number of nitrogens with one attached hydrogen (secondary N) is 1. The van der Waals surface area contributed by atoms with E-state index < -0.39 is 11.7 Å². The minimum atomic E-state index is -4.30. The number of benzene rings is 1. The Hall–Kier alpha value is -1.25. The number of halogens is 4. The fourth-order valence-corrected chi connectivity index (χ4v) is 2.26. The summed E-state index contributed by atoms with van der Waals surface area (Å²) >= 11 is 2.17. The third-order valence-electron chi connectivity index (χ3n) is 2.68. The van der Waals surface area contributed by atoms with Gasteiger partial charge in [0.1, 0.15) is 0 Å². The van der Waals surface area contributed by atoms with Gasteiger partial charge in [-0.25, -0.2) is 0 Å². The maximum absolute atomic E-state index is 12.4. The van der Waals surface area contributed by atoms with Crippen LogP contribution in [-0.2, 0) is 19.8 Å². The van der Waals surface area contributed by atoms with Gasteiger partial charge in [-0.2, -0.15) is 18.3 Å². The van der Waals surface area contributed by atoms with Crippen molar-refractivity contribution in [2.75, 3.05) is 5.32 Å². The summed E-state index contributed by atoms with van der Waals surface area (Å²) in [5.41, 5.74) is 0.985. The topological polar surface area (TPSA) is 29.9 Å². The van der Waals surface area contributed by atoms with Crippen LogP contribution < -0.4 is 5.32 Å². The third kappa shape index (κ3) is 3.40. The highest BCUT2D eigenvalue weighted by atomic mass is 127. The quantitative estimate of drug-likeness (QED) is 0.823. The van der Waals surface area contributed by atoms with E-state index in [1.54, 1.807) is 10.9 Å². The molecule has 2 rings (SSSR count).